The van der Waals surface area contributed by atoms with Crippen LogP contribution in [0.25, 0.3) is 0 Å². The van der Waals surface area contributed by atoms with Gasteiger partial charge in [-0.2, -0.15) is 0 Å². The molecule has 0 aromatic heterocycles. The van der Waals surface area contributed by atoms with Crippen molar-refractivity contribution in [1.29, 1.82) is 0 Å². The van der Waals surface area contributed by atoms with E-state index in [4.69, 9.17) is 4.74 Å². The van der Waals surface area contributed by atoms with Gasteiger partial charge < -0.3 is 10.1 Å². The highest BCUT2D eigenvalue weighted by molar-refractivity contribution is 5.31. The predicted octanol–water partition coefficient (Wildman–Crippen LogP) is 4.04. The Morgan fingerprint density at radius 2 is 1.62 bits per heavy atom. The van der Waals surface area contributed by atoms with E-state index in [0.717, 1.165) is 25.1 Å². The fourth-order valence-electron chi connectivity index (χ4n) is 2.15. The Hall–Kier alpha value is -1.80. The summed E-state index contributed by atoms with van der Waals surface area (Å²) in [5, 5.41) is 3.42. The second kappa shape index (κ2) is 8.48. The van der Waals surface area contributed by atoms with E-state index in [0.29, 0.717) is 12.6 Å². The first kappa shape index (κ1) is 15.6. The molecule has 1 N–H and O–H groups in total. The summed E-state index contributed by atoms with van der Waals surface area (Å²) < 4.78 is 5.74. The molecule has 1 atom stereocenters. The van der Waals surface area contributed by atoms with E-state index in [1.807, 2.05) is 6.07 Å². The highest BCUT2D eigenvalue weighted by Gasteiger charge is 1.99. The van der Waals surface area contributed by atoms with Crippen LogP contribution >= 0.6 is 0 Å². The summed E-state index contributed by atoms with van der Waals surface area (Å²) >= 11 is 0. The third kappa shape index (κ3) is 5.60. The lowest BCUT2D eigenvalue weighted by atomic mass is 10.1. The summed E-state index contributed by atoms with van der Waals surface area (Å²) in [4.78, 5) is 0. The van der Waals surface area contributed by atoms with Crippen LogP contribution in [0, 0.1) is 0 Å². The van der Waals surface area contributed by atoms with Crippen LogP contribution in [0.1, 0.15) is 31.4 Å². The van der Waals surface area contributed by atoms with E-state index in [2.05, 4.69) is 67.7 Å². The summed E-state index contributed by atoms with van der Waals surface area (Å²) in [6.45, 7) is 5.98. The van der Waals surface area contributed by atoms with E-state index in [-0.39, 0.29) is 0 Å². The van der Waals surface area contributed by atoms with E-state index in [1.54, 1.807) is 0 Å². The van der Waals surface area contributed by atoms with E-state index in [9.17, 15) is 0 Å². The van der Waals surface area contributed by atoms with Gasteiger partial charge in [0.1, 0.15) is 12.4 Å². The van der Waals surface area contributed by atoms with Gasteiger partial charge in [0.15, 0.2) is 0 Å². The second-order valence-electron chi connectivity index (χ2n) is 5.42. The molecule has 0 spiro atoms. The molecule has 0 radical (unpaired) electrons. The van der Waals surface area contributed by atoms with Gasteiger partial charge in [-0.25, -0.2) is 0 Å². The van der Waals surface area contributed by atoms with Gasteiger partial charge in [-0.3, -0.25) is 0 Å². The zero-order chi connectivity index (χ0) is 14.9. The minimum absolute atomic E-state index is 0.557. The average Bonchev–Trinajstić information content (AvgIpc) is 2.54. The molecule has 0 amide bonds. The van der Waals surface area contributed by atoms with Crippen molar-refractivity contribution in [2.75, 3.05) is 13.2 Å². The Balaban J connectivity index is 1.77. The number of nitrogens with one attached hydrogen (secondary N) is 1. The molecule has 2 aromatic rings. The number of hydrogen-bond donors (Lipinski definition) is 1. The molecule has 21 heavy (non-hydrogen) atoms. The normalized spacial score (nSPS) is 12.1. The number of benzene rings is 2. The molecular weight excluding hydrogens is 258 g/mol. The summed E-state index contributed by atoms with van der Waals surface area (Å²) in [6.07, 6.45) is 2.12. The maximum absolute atomic E-state index is 5.74. The first-order valence-corrected chi connectivity index (χ1v) is 7.77. The van der Waals surface area contributed by atoms with E-state index in [1.165, 1.54) is 11.1 Å². The Morgan fingerprint density at radius 3 is 2.29 bits per heavy atom. The standard InChI is InChI=1S/C19H25NO/c1-3-16(2)20-13-14-21-19-11-9-18(10-12-19)15-17-7-5-4-6-8-17/h4-12,16,20H,3,13-15H2,1-2H3. The van der Waals surface area contributed by atoms with Gasteiger partial charge >= 0.3 is 0 Å². The quantitative estimate of drug-likeness (QED) is 0.738. The van der Waals surface area contributed by atoms with Gasteiger partial charge in [0, 0.05) is 12.6 Å². The Labute approximate surface area is 128 Å². The van der Waals surface area contributed by atoms with Gasteiger partial charge in [-0.1, -0.05) is 49.4 Å². The molecule has 0 fully saturated rings. The lowest BCUT2D eigenvalue weighted by molar-refractivity contribution is 0.306. The first-order chi connectivity index (χ1) is 10.3. The van der Waals surface area contributed by atoms with Crippen LogP contribution < -0.4 is 10.1 Å². The van der Waals surface area contributed by atoms with Crippen molar-refractivity contribution in [3.63, 3.8) is 0 Å². The Kier molecular flexibility index (Phi) is 6.29. The van der Waals surface area contributed by atoms with Gasteiger partial charge in [0.05, 0.1) is 0 Å². The molecule has 2 rings (SSSR count). The van der Waals surface area contributed by atoms with Gasteiger partial charge in [0.2, 0.25) is 0 Å². The lowest BCUT2D eigenvalue weighted by Crippen LogP contribution is -2.29. The van der Waals surface area contributed by atoms with Crippen molar-refractivity contribution in [2.45, 2.75) is 32.7 Å². The van der Waals surface area contributed by atoms with Crippen LogP contribution in [0.4, 0.5) is 0 Å². The fourth-order valence-corrected chi connectivity index (χ4v) is 2.15. The topological polar surface area (TPSA) is 21.3 Å². The van der Waals surface area contributed by atoms with Crippen LogP contribution in [-0.4, -0.2) is 19.2 Å². The molecule has 2 nitrogen and oxygen atoms in total. The maximum atomic E-state index is 5.74. The molecule has 0 aliphatic heterocycles. The van der Waals surface area contributed by atoms with Crippen LogP contribution in [0.15, 0.2) is 54.6 Å². The van der Waals surface area contributed by atoms with E-state index >= 15 is 0 Å². The molecule has 0 saturated heterocycles. The molecule has 1 unspecified atom stereocenters. The molecule has 112 valence electrons. The van der Waals surface area contributed by atoms with E-state index < -0.39 is 0 Å². The summed E-state index contributed by atoms with van der Waals surface area (Å²) in [6, 6.07) is 19.5. The number of rotatable bonds is 8. The number of hydrogen-bond acceptors (Lipinski definition) is 2. The summed E-state index contributed by atoms with van der Waals surface area (Å²) in [5.74, 6) is 0.942. The van der Waals surface area contributed by atoms with Crippen LogP contribution in [0.2, 0.25) is 0 Å². The molecule has 2 aromatic carbocycles. The smallest absolute Gasteiger partial charge is 0.119 e. The number of ether oxygens (including phenoxy) is 1. The zero-order valence-corrected chi connectivity index (χ0v) is 13.0. The van der Waals surface area contributed by atoms with Crippen molar-refractivity contribution in [1.82, 2.24) is 5.32 Å². The summed E-state index contributed by atoms with van der Waals surface area (Å²) in [7, 11) is 0. The molecule has 0 saturated carbocycles. The van der Waals surface area contributed by atoms with Crippen LogP contribution in [0.5, 0.6) is 5.75 Å². The largest absolute Gasteiger partial charge is 0.492 e. The minimum atomic E-state index is 0.557. The SMILES string of the molecule is CCC(C)NCCOc1ccc(Cc2ccccc2)cc1. The average molecular weight is 283 g/mol. The Morgan fingerprint density at radius 1 is 0.952 bits per heavy atom. The van der Waals surface area contributed by atoms with Gasteiger partial charge in [0.25, 0.3) is 0 Å². The summed E-state index contributed by atoms with van der Waals surface area (Å²) in [5.41, 5.74) is 2.65. The third-order valence-corrected chi connectivity index (χ3v) is 3.65. The fraction of sp³-hybridized carbons (Fsp3) is 0.368. The predicted molar refractivity (Wildman–Crippen MR) is 88.9 cm³/mol. The van der Waals surface area contributed by atoms with Crippen molar-refractivity contribution in [3.05, 3.63) is 65.7 Å². The highest BCUT2D eigenvalue weighted by Crippen LogP contribution is 2.15. The van der Waals surface area contributed by atoms with Gasteiger partial charge in [-0.15, -0.1) is 0 Å². The molecule has 0 heterocycles. The Bertz CT molecular complexity index is 507. The second-order valence-corrected chi connectivity index (χ2v) is 5.42. The molecule has 2 heteroatoms. The van der Waals surface area contributed by atoms with Crippen LogP contribution in [0.3, 0.4) is 0 Å². The van der Waals surface area contributed by atoms with Crippen molar-refractivity contribution in [2.24, 2.45) is 0 Å². The lowest BCUT2D eigenvalue weighted by Gasteiger charge is -2.12. The maximum Gasteiger partial charge on any atom is 0.119 e. The monoisotopic (exact) mass is 283 g/mol. The molecule has 0 bridgehead atoms. The molecular formula is C19H25NO. The third-order valence-electron chi connectivity index (χ3n) is 3.65. The molecule has 0 aliphatic carbocycles. The first-order valence-electron chi connectivity index (χ1n) is 7.77. The van der Waals surface area contributed by atoms with Crippen molar-refractivity contribution in [3.8, 4) is 5.75 Å². The molecule has 0 aliphatic rings. The minimum Gasteiger partial charge on any atom is -0.492 e. The highest BCUT2D eigenvalue weighted by atomic mass is 16.5. The van der Waals surface area contributed by atoms with Crippen molar-refractivity contribution >= 4 is 0 Å². The zero-order valence-electron chi connectivity index (χ0n) is 13.0. The van der Waals surface area contributed by atoms with Gasteiger partial charge in [-0.05, 0) is 43.0 Å². The van der Waals surface area contributed by atoms with Crippen molar-refractivity contribution < 1.29 is 4.74 Å². The van der Waals surface area contributed by atoms with Crippen LogP contribution in [-0.2, 0) is 6.42 Å².